The molecular weight excluding hydrogens is 154 g/mol. The molecule has 0 aromatic carbocycles. The largest absolute Gasteiger partial charge is 0.314 e. The molecule has 1 atom stereocenters. The fraction of sp³-hybridized carbons (Fsp3) is 0.778. The molecule has 66 valence electrons. The molecule has 0 aliphatic carbocycles. The van der Waals surface area contributed by atoms with Crippen molar-refractivity contribution in [3.63, 3.8) is 0 Å². The first-order chi connectivity index (χ1) is 5.22. The van der Waals surface area contributed by atoms with Crippen LogP contribution < -0.4 is 5.32 Å². The van der Waals surface area contributed by atoms with Gasteiger partial charge in [-0.2, -0.15) is 11.8 Å². The summed E-state index contributed by atoms with van der Waals surface area (Å²) < 4.78 is 0. The third-order valence-corrected chi connectivity index (χ3v) is 2.72. The van der Waals surface area contributed by atoms with Crippen molar-refractivity contribution in [1.29, 1.82) is 0 Å². The zero-order valence-electron chi connectivity index (χ0n) is 7.81. The SMILES string of the molecule is C=C(CCSCC)C(C)NC. The summed E-state index contributed by atoms with van der Waals surface area (Å²) in [6.45, 7) is 8.36. The first-order valence-electron chi connectivity index (χ1n) is 4.15. The normalized spacial score (nSPS) is 13.0. The predicted octanol–water partition coefficient (Wildman–Crippen LogP) is 2.29. The van der Waals surface area contributed by atoms with Crippen LogP contribution in [0.15, 0.2) is 12.2 Å². The summed E-state index contributed by atoms with van der Waals surface area (Å²) in [7, 11) is 1.98. The van der Waals surface area contributed by atoms with E-state index in [0.717, 1.165) is 6.42 Å². The number of likely N-dealkylation sites (N-methyl/N-ethyl adjacent to an activating group) is 1. The van der Waals surface area contributed by atoms with Gasteiger partial charge in [0.25, 0.3) is 0 Å². The van der Waals surface area contributed by atoms with Crippen molar-refractivity contribution in [2.45, 2.75) is 26.3 Å². The molecule has 0 aromatic heterocycles. The van der Waals surface area contributed by atoms with E-state index in [9.17, 15) is 0 Å². The topological polar surface area (TPSA) is 12.0 Å². The lowest BCUT2D eigenvalue weighted by Crippen LogP contribution is -2.23. The van der Waals surface area contributed by atoms with Crippen LogP contribution in [0.1, 0.15) is 20.3 Å². The van der Waals surface area contributed by atoms with Crippen molar-refractivity contribution in [1.82, 2.24) is 5.32 Å². The molecule has 0 aromatic rings. The minimum absolute atomic E-state index is 0.465. The van der Waals surface area contributed by atoms with Gasteiger partial charge in [-0.3, -0.25) is 0 Å². The summed E-state index contributed by atoms with van der Waals surface area (Å²) in [5.41, 5.74) is 1.31. The van der Waals surface area contributed by atoms with Crippen LogP contribution in [-0.4, -0.2) is 24.6 Å². The second-order valence-corrected chi connectivity index (χ2v) is 4.01. The standard InChI is InChI=1S/C9H19NS/c1-5-11-7-6-8(2)9(3)10-4/h9-10H,2,5-7H2,1,3-4H3. The van der Waals surface area contributed by atoms with Gasteiger partial charge in [-0.05, 0) is 31.9 Å². The number of hydrogen-bond acceptors (Lipinski definition) is 2. The Hall–Kier alpha value is 0.0500. The van der Waals surface area contributed by atoms with Gasteiger partial charge in [-0.25, -0.2) is 0 Å². The molecule has 0 fully saturated rings. The van der Waals surface area contributed by atoms with Crippen LogP contribution in [0.25, 0.3) is 0 Å². The minimum atomic E-state index is 0.465. The Balaban J connectivity index is 3.36. The second kappa shape index (κ2) is 6.74. The van der Waals surface area contributed by atoms with Crippen molar-refractivity contribution in [3.8, 4) is 0 Å². The molecule has 2 heteroatoms. The van der Waals surface area contributed by atoms with Gasteiger partial charge in [-0.15, -0.1) is 0 Å². The molecule has 0 aliphatic rings. The Kier molecular flexibility index (Phi) is 6.77. The molecule has 1 nitrogen and oxygen atoms in total. The average molecular weight is 173 g/mol. The Labute approximate surface area is 74.6 Å². The molecule has 0 radical (unpaired) electrons. The molecule has 0 saturated heterocycles. The van der Waals surface area contributed by atoms with E-state index in [1.807, 2.05) is 18.8 Å². The summed E-state index contributed by atoms with van der Waals surface area (Å²) in [5, 5.41) is 3.18. The Bertz CT molecular complexity index is 112. The van der Waals surface area contributed by atoms with Gasteiger partial charge >= 0.3 is 0 Å². The number of thioether (sulfide) groups is 1. The molecule has 1 unspecified atom stereocenters. The van der Waals surface area contributed by atoms with Crippen LogP contribution in [0, 0.1) is 0 Å². The molecule has 1 N–H and O–H groups in total. The van der Waals surface area contributed by atoms with Gasteiger partial charge in [0.15, 0.2) is 0 Å². The van der Waals surface area contributed by atoms with Crippen LogP contribution >= 0.6 is 11.8 Å². The van der Waals surface area contributed by atoms with Gasteiger partial charge < -0.3 is 5.32 Å². The Morgan fingerprint density at radius 2 is 2.27 bits per heavy atom. The Morgan fingerprint density at radius 1 is 1.64 bits per heavy atom. The molecule has 0 amide bonds. The van der Waals surface area contributed by atoms with Gasteiger partial charge in [0.1, 0.15) is 0 Å². The summed E-state index contributed by atoms with van der Waals surface area (Å²) in [5.74, 6) is 2.42. The van der Waals surface area contributed by atoms with Crippen LogP contribution in [0.5, 0.6) is 0 Å². The molecule has 11 heavy (non-hydrogen) atoms. The second-order valence-electron chi connectivity index (χ2n) is 2.62. The summed E-state index contributed by atoms with van der Waals surface area (Å²) >= 11 is 1.98. The number of rotatable bonds is 6. The van der Waals surface area contributed by atoms with Gasteiger partial charge in [0, 0.05) is 6.04 Å². The molecule has 0 spiro atoms. The quantitative estimate of drug-likeness (QED) is 0.488. The molecule has 0 aliphatic heterocycles. The molecule has 0 heterocycles. The van der Waals surface area contributed by atoms with Gasteiger partial charge in [0.2, 0.25) is 0 Å². The summed E-state index contributed by atoms with van der Waals surface area (Å²) in [6, 6.07) is 0.465. The molecule has 0 rings (SSSR count). The van der Waals surface area contributed by atoms with Crippen LogP contribution in [-0.2, 0) is 0 Å². The minimum Gasteiger partial charge on any atom is -0.314 e. The van der Waals surface area contributed by atoms with Crippen LogP contribution in [0.3, 0.4) is 0 Å². The predicted molar refractivity (Wildman–Crippen MR) is 55.3 cm³/mol. The van der Waals surface area contributed by atoms with E-state index in [2.05, 4.69) is 25.7 Å². The molecular formula is C9H19NS. The fourth-order valence-corrected chi connectivity index (χ4v) is 1.46. The maximum Gasteiger partial charge on any atom is 0.0245 e. The van der Waals surface area contributed by atoms with Crippen molar-refractivity contribution in [2.75, 3.05) is 18.6 Å². The van der Waals surface area contributed by atoms with E-state index >= 15 is 0 Å². The highest BCUT2D eigenvalue weighted by atomic mass is 32.2. The van der Waals surface area contributed by atoms with E-state index in [0.29, 0.717) is 6.04 Å². The van der Waals surface area contributed by atoms with Gasteiger partial charge in [0.05, 0.1) is 0 Å². The number of hydrogen-bond donors (Lipinski definition) is 1. The number of nitrogens with one attached hydrogen (secondary N) is 1. The third-order valence-electron chi connectivity index (χ3n) is 1.82. The third kappa shape index (κ3) is 5.33. The van der Waals surface area contributed by atoms with E-state index in [4.69, 9.17) is 0 Å². The van der Waals surface area contributed by atoms with E-state index in [1.165, 1.54) is 17.1 Å². The van der Waals surface area contributed by atoms with Crippen molar-refractivity contribution in [2.24, 2.45) is 0 Å². The van der Waals surface area contributed by atoms with Crippen LogP contribution in [0.4, 0.5) is 0 Å². The van der Waals surface area contributed by atoms with E-state index in [1.54, 1.807) is 0 Å². The average Bonchev–Trinajstić information content (AvgIpc) is 2.03. The van der Waals surface area contributed by atoms with E-state index in [-0.39, 0.29) is 0 Å². The highest BCUT2D eigenvalue weighted by Crippen LogP contribution is 2.09. The zero-order valence-corrected chi connectivity index (χ0v) is 8.63. The molecule has 0 bridgehead atoms. The smallest absolute Gasteiger partial charge is 0.0245 e. The first kappa shape index (κ1) is 11.1. The monoisotopic (exact) mass is 173 g/mol. The van der Waals surface area contributed by atoms with Crippen LogP contribution in [0.2, 0.25) is 0 Å². The van der Waals surface area contributed by atoms with Crippen molar-refractivity contribution < 1.29 is 0 Å². The maximum atomic E-state index is 4.02. The summed E-state index contributed by atoms with van der Waals surface area (Å²) in [6.07, 6.45) is 1.14. The molecule has 0 saturated carbocycles. The highest BCUT2D eigenvalue weighted by molar-refractivity contribution is 7.99. The van der Waals surface area contributed by atoms with Crippen molar-refractivity contribution in [3.05, 3.63) is 12.2 Å². The maximum absolute atomic E-state index is 4.02. The van der Waals surface area contributed by atoms with Crippen molar-refractivity contribution >= 4 is 11.8 Å². The van der Waals surface area contributed by atoms with E-state index < -0.39 is 0 Å². The lowest BCUT2D eigenvalue weighted by atomic mass is 10.1. The van der Waals surface area contributed by atoms with Gasteiger partial charge in [-0.1, -0.05) is 19.1 Å². The first-order valence-corrected chi connectivity index (χ1v) is 5.30. The summed E-state index contributed by atoms with van der Waals surface area (Å²) in [4.78, 5) is 0. The highest BCUT2D eigenvalue weighted by Gasteiger charge is 2.01. The fourth-order valence-electron chi connectivity index (χ4n) is 0.768. The lowest BCUT2D eigenvalue weighted by Gasteiger charge is -2.12. The zero-order chi connectivity index (χ0) is 8.69. The lowest BCUT2D eigenvalue weighted by molar-refractivity contribution is 0.675. The Morgan fingerprint density at radius 3 is 2.73 bits per heavy atom.